The number of allylic oxidation sites excluding steroid dienone is 1. The highest BCUT2D eigenvalue weighted by Gasteiger charge is 2.10. The molecule has 0 N–H and O–H groups in total. The lowest BCUT2D eigenvalue weighted by molar-refractivity contribution is 0.104. The van der Waals surface area contributed by atoms with E-state index in [0.717, 1.165) is 20.0 Å². The van der Waals surface area contributed by atoms with Gasteiger partial charge in [0.25, 0.3) is 0 Å². The first-order valence-corrected chi connectivity index (χ1v) is 10.4. The average molecular weight is 559 g/mol. The number of ketones is 1. The van der Waals surface area contributed by atoms with Crippen LogP contribution < -0.4 is 4.74 Å². The number of ether oxygens (including phenoxy) is 1. The molecule has 0 spiro atoms. The monoisotopic (exact) mass is 556 g/mol. The van der Waals surface area contributed by atoms with Crippen molar-refractivity contribution in [3.63, 3.8) is 0 Å². The normalized spacial score (nSPS) is 11.3. The summed E-state index contributed by atoms with van der Waals surface area (Å²) in [6.45, 7) is 2.96. The van der Waals surface area contributed by atoms with Gasteiger partial charge in [-0.05, 0) is 75.2 Å². The highest BCUT2D eigenvalue weighted by atomic mass is 79.9. The number of benzene rings is 1. The minimum Gasteiger partial charge on any atom is -0.483 e. The highest BCUT2D eigenvalue weighted by Crippen LogP contribution is 2.36. The van der Waals surface area contributed by atoms with Crippen LogP contribution in [0.1, 0.15) is 28.8 Å². The van der Waals surface area contributed by atoms with E-state index in [1.54, 1.807) is 29.2 Å². The van der Waals surface area contributed by atoms with Gasteiger partial charge in [-0.15, -0.1) is 0 Å². The van der Waals surface area contributed by atoms with Crippen molar-refractivity contribution in [3.8, 4) is 5.75 Å². The van der Waals surface area contributed by atoms with E-state index in [2.05, 4.69) is 52.9 Å². The molecule has 0 atom stereocenters. The van der Waals surface area contributed by atoms with Crippen LogP contribution in [0.5, 0.6) is 5.75 Å². The molecule has 3 aromatic rings. The van der Waals surface area contributed by atoms with E-state index in [4.69, 9.17) is 9.15 Å². The van der Waals surface area contributed by atoms with Crippen molar-refractivity contribution in [3.05, 3.63) is 73.2 Å². The minimum atomic E-state index is -0.119. The van der Waals surface area contributed by atoms with Crippen LogP contribution >= 0.6 is 47.8 Å². The van der Waals surface area contributed by atoms with Gasteiger partial charge in [-0.25, -0.2) is 0 Å². The molecule has 140 valence electrons. The van der Waals surface area contributed by atoms with Gasteiger partial charge in [0.2, 0.25) is 0 Å². The van der Waals surface area contributed by atoms with Crippen LogP contribution in [0.15, 0.2) is 60.6 Å². The van der Waals surface area contributed by atoms with Crippen molar-refractivity contribution in [2.24, 2.45) is 0 Å². The van der Waals surface area contributed by atoms with Crippen molar-refractivity contribution in [1.82, 2.24) is 9.78 Å². The maximum atomic E-state index is 12.1. The van der Waals surface area contributed by atoms with E-state index in [1.807, 2.05) is 25.1 Å². The summed E-state index contributed by atoms with van der Waals surface area (Å²) in [6, 6.07) is 7.43. The Balaban J connectivity index is 1.62. The van der Waals surface area contributed by atoms with E-state index in [-0.39, 0.29) is 12.4 Å². The zero-order chi connectivity index (χ0) is 19.4. The summed E-state index contributed by atoms with van der Waals surface area (Å²) < 4.78 is 15.8. The third-order valence-electron chi connectivity index (χ3n) is 3.64. The van der Waals surface area contributed by atoms with Crippen molar-refractivity contribution in [1.29, 1.82) is 0 Å². The fraction of sp³-hybridized carbons (Fsp3) is 0.158. The predicted molar refractivity (Wildman–Crippen MR) is 114 cm³/mol. The first-order valence-electron chi connectivity index (χ1n) is 8.07. The van der Waals surface area contributed by atoms with Crippen LogP contribution in [0.4, 0.5) is 0 Å². The predicted octanol–water partition coefficient (Wildman–Crippen LogP) is 6.26. The molecule has 0 unspecified atom stereocenters. The van der Waals surface area contributed by atoms with Crippen LogP contribution in [0, 0.1) is 0 Å². The molecule has 0 radical (unpaired) electrons. The summed E-state index contributed by atoms with van der Waals surface area (Å²) in [7, 11) is 0. The summed E-state index contributed by atoms with van der Waals surface area (Å²) in [6.07, 6.45) is 6.40. The molecular formula is C19H15Br3N2O3. The number of carbonyl (C=O) groups is 1. The van der Waals surface area contributed by atoms with Crippen molar-refractivity contribution in [2.75, 3.05) is 0 Å². The fourth-order valence-electron chi connectivity index (χ4n) is 2.29. The van der Waals surface area contributed by atoms with Crippen LogP contribution in [0.3, 0.4) is 0 Å². The number of nitrogens with zero attached hydrogens (tertiary/aromatic N) is 2. The first-order chi connectivity index (χ1) is 13.0. The molecule has 1 aromatic carbocycles. The smallest absolute Gasteiger partial charge is 0.189 e. The average Bonchev–Trinajstić information content (AvgIpc) is 3.28. The van der Waals surface area contributed by atoms with Gasteiger partial charge in [-0.3, -0.25) is 9.48 Å². The maximum absolute atomic E-state index is 12.1. The van der Waals surface area contributed by atoms with E-state index in [0.29, 0.717) is 22.8 Å². The number of halogens is 3. The molecule has 0 aliphatic rings. The second-order valence-corrected chi connectivity index (χ2v) is 8.20. The molecule has 3 rings (SSSR count). The van der Waals surface area contributed by atoms with Gasteiger partial charge >= 0.3 is 0 Å². The molecule has 2 aromatic heterocycles. The number of carbonyl (C=O) groups excluding carboxylic acids is 1. The molecule has 0 bridgehead atoms. The summed E-state index contributed by atoms with van der Waals surface area (Å²) in [4.78, 5) is 12.1. The Labute approximate surface area is 181 Å². The number of furan rings is 1. The molecule has 0 saturated heterocycles. The number of aromatic nitrogens is 2. The Bertz CT molecular complexity index is 969. The Kier molecular flexibility index (Phi) is 6.73. The molecule has 5 nitrogen and oxygen atoms in total. The Morgan fingerprint density at radius 2 is 2.00 bits per heavy atom. The van der Waals surface area contributed by atoms with E-state index in [9.17, 15) is 4.79 Å². The lowest BCUT2D eigenvalue weighted by Crippen LogP contribution is -1.95. The third-order valence-corrected chi connectivity index (χ3v) is 5.28. The van der Waals surface area contributed by atoms with Crippen LogP contribution in [-0.2, 0) is 13.2 Å². The number of hydrogen-bond donors (Lipinski definition) is 0. The van der Waals surface area contributed by atoms with Crippen LogP contribution in [0.25, 0.3) is 6.08 Å². The minimum absolute atomic E-state index is 0.119. The Morgan fingerprint density at radius 3 is 2.67 bits per heavy atom. The first kappa shape index (κ1) is 20.1. The summed E-state index contributed by atoms with van der Waals surface area (Å²) >= 11 is 10.4. The zero-order valence-corrected chi connectivity index (χ0v) is 19.0. The molecule has 0 aliphatic carbocycles. The molecule has 27 heavy (non-hydrogen) atoms. The number of hydrogen-bond acceptors (Lipinski definition) is 4. The van der Waals surface area contributed by atoms with Crippen molar-refractivity contribution in [2.45, 2.75) is 20.1 Å². The summed E-state index contributed by atoms with van der Waals surface area (Å²) in [5, 5.41) is 4.10. The SMILES string of the molecule is CCn1cc(C(=O)/C=C/c2ccc(COc3c(Br)cc(Br)cc3Br)o2)cn1. The van der Waals surface area contributed by atoms with Crippen LogP contribution in [0.2, 0.25) is 0 Å². The van der Waals surface area contributed by atoms with E-state index in [1.165, 1.54) is 6.08 Å². The molecule has 8 heteroatoms. The Hall–Kier alpha value is -1.64. The van der Waals surface area contributed by atoms with Gasteiger partial charge < -0.3 is 9.15 Å². The van der Waals surface area contributed by atoms with Gasteiger partial charge in [0.15, 0.2) is 5.78 Å². The highest BCUT2D eigenvalue weighted by molar-refractivity contribution is 9.11. The molecule has 2 heterocycles. The molecular weight excluding hydrogens is 544 g/mol. The van der Waals surface area contributed by atoms with Gasteiger partial charge in [0.1, 0.15) is 23.9 Å². The van der Waals surface area contributed by atoms with Crippen molar-refractivity contribution < 1.29 is 13.9 Å². The van der Waals surface area contributed by atoms with Gasteiger partial charge in [0, 0.05) is 17.2 Å². The zero-order valence-electron chi connectivity index (χ0n) is 14.3. The molecule has 0 fully saturated rings. The van der Waals surface area contributed by atoms with Gasteiger partial charge in [0.05, 0.1) is 20.7 Å². The second-order valence-electron chi connectivity index (χ2n) is 5.57. The number of aryl methyl sites for hydroxylation is 1. The van der Waals surface area contributed by atoms with Gasteiger partial charge in [-0.1, -0.05) is 15.9 Å². The van der Waals surface area contributed by atoms with Gasteiger partial charge in [-0.2, -0.15) is 5.10 Å². The van der Waals surface area contributed by atoms with Crippen molar-refractivity contribution >= 4 is 59.6 Å². The van der Waals surface area contributed by atoms with Crippen LogP contribution in [-0.4, -0.2) is 15.6 Å². The lowest BCUT2D eigenvalue weighted by atomic mass is 10.2. The Morgan fingerprint density at radius 1 is 1.26 bits per heavy atom. The lowest BCUT2D eigenvalue weighted by Gasteiger charge is -2.09. The quantitative estimate of drug-likeness (QED) is 0.254. The number of rotatable bonds is 7. The summed E-state index contributed by atoms with van der Waals surface area (Å²) in [5.41, 5.74) is 0.549. The largest absolute Gasteiger partial charge is 0.483 e. The second kappa shape index (κ2) is 9.03. The fourth-order valence-corrected chi connectivity index (χ4v) is 4.78. The molecule has 0 aliphatic heterocycles. The topological polar surface area (TPSA) is 57.3 Å². The molecule has 0 saturated carbocycles. The summed E-state index contributed by atoms with van der Waals surface area (Å²) in [5.74, 6) is 1.81. The molecule has 0 amide bonds. The van der Waals surface area contributed by atoms with E-state index < -0.39 is 0 Å². The van der Waals surface area contributed by atoms with E-state index >= 15 is 0 Å². The standard InChI is InChI=1S/C19H15Br3N2O3/c1-2-24-10-12(9-23-24)18(25)6-5-14-3-4-15(27-14)11-26-19-16(21)7-13(20)8-17(19)22/h3-10H,2,11H2,1H3/b6-5+. The third kappa shape index (κ3) is 5.21. The maximum Gasteiger partial charge on any atom is 0.189 e.